The fourth-order valence-electron chi connectivity index (χ4n) is 3.07. The smallest absolute Gasteiger partial charge is 0.115 e. The van der Waals surface area contributed by atoms with Crippen LogP contribution in [0.3, 0.4) is 0 Å². The van der Waals surface area contributed by atoms with Crippen molar-refractivity contribution in [3.05, 3.63) is 48.4 Å². The molecule has 0 atom stereocenters. The van der Waals surface area contributed by atoms with E-state index < -0.39 is 0 Å². The Morgan fingerprint density at radius 2 is 2.04 bits per heavy atom. The molecule has 0 amide bonds. The van der Waals surface area contributed by atoms with Crippen LogP contribution in [0.25, 0.3) is 5.76 Å². The second-order valence-electron chi connectivity index (χ2n) is 6.31. The summed E-state index contributed by atoms with van der Waals surface area (Å²) in [6.45, 7) is 15.0. The molecule has 2 heterocycles. The standard InChI is InChI=1S/C19H29N3O/c1-4-10-21(14-16(2)22-11-6-5-7-12-22)15-19-13-18(17(3)23)8-9-20-19/h8-9,13,23H,2-7,10-12,14-15H2,1H3. The monoisotopic (exact) mass is 315 g/mol. The molecule has 1 N–H and O–H groups in total. The van der Waals surface area contributed by atoms with Crippen LogP contribution < -0.4 is 0 Å². The highest BCUT2D eigenvalue weighted by atomic mass is 16.3. The van der Waals surface area contributed by atoms with Gasteiger partial charge in [-0.1, -0.05) is 20.1 Å². The normalized spacial score (nSPS) is 15.0. The van der Waals surface area contributed by atoms with Crippen molar-refractivity contribution in [3.63, 3.8) is 0 Å². The van der Waals surface area contributed by atoms with E-state index >= 15 is 0 Å². The Bertz CT molecular complexity index is 535. The topological polar surface area (TPSA) is 39.6 Å². The minimum atomic E-state index is 0.0911. The van der Waals surface area contributed by atoms with Crippen molar-refractivity contribution >= 4 is 5.76 Å². The highest BCUT2D eigenvalue weighted by molar-refractivity contribution is 5.55. The van der Waals surface area contributed by atoms with Gasteiger partial charge in [0.1, 0.15) is 5.76 Å². The van der Waals surface area contributed by atoms with Crippen LogP contribution in [-0.4, -0.2) is 46.1 Å². The molecule has 0 bridgehead atoms. The molecule has 126 valence electrons. The summed E-state index contributed by atoms with van der Waals surface area (Å²) in [5, 5.41) is 9.54. The molecule has 1 aliphatic rings. The second kappa shape index (κ2) is 8.73. The second-order valence-corrected chi connectivity index (χ2v) is 6.31. The van der Waals surface area contributed by atoms with Gasteiger partial charge in [0.05, 0.1) is 5.69 Å². The minimum Gasteiger partial charge on any atom is -0.508 e. The molecule has 23 heavy (non-hydrogen) atoms. The number of hydrogen-bond donors (Lipinski definition) is 1. The molecular weight excluding hydrogens is 286 g/mol. The summed E-state index contributed by atoms with van der Waals surface area (Å²) in [5.41, 5.74) is 2.90. The van der Waals surface area contributed by atoms with Crippen molar-refractivity contribution in [2.75, 3.05) is 26.2 Å². The first-order valence-electron chi connectivity index (χ1n) is 8.58. The summed E-state index contributed by atoms with van der Waals surface area (Å²) in [4.78, 5) is 9.23. The number of aromatic nitrogens is 1. The molecule has 1 aliphatic heterocycles. The Labute approximate surface area is 140 Å². The average molecular weight is 315 g/mol. The third-order valence-electron chi connectivity index (χ3n) is 4.28. The van der Waals surface area contributed by atoms with Crippen LogP contribution in [0.15, 0.2) is 37.2 Å². The number of nitrogens with zero attached hydrogens (tertiary/aromatic N) is 3. The van der Waals surface area contributed by atoms with Gasteiger partial charge < -0.3 is 10.0 Å². The molecule has 0 spiro atoms. The zero-order valence-corrected chi connectivity index (χ0v) is 14.3. The Morgan fingerprint density at radius 3 is 2.70 bits per heavy atom. The summed E-state index contributed by atoms with van der Waals surface area (Å²) in [7, 11) is 0. The fourth-order valence-corrected chi connectivity index (χ4v) is 3.07. The zero-order chi connectivity index (χ0) is 16.7. The zero-order valence-electron chi connectivity index (χ0n) is 14.3. The van der Waals surface area contributed by atoms with E-state index in [4.69, 9.17) is 0 Å². The average Bonchev–Trinajstić information content (AvgIpc) is 2.56. The molecule has 1 fully saturated rings. The van der Waals surface area contributed by atoms with Crippen molar-refractivity contribution in [1.29, 1.82) is 0 Å². The van der Waals surface area contributed by atoms with Crippen LogP contribution in [0.5, 0.6) is 0 Å². The molecule has 0 aromatic carbocycles. The summed E-state index contributed by atoms with van der Waals surface area (Å²) >= 11 is 0. The number of piperidine rings is 1. The lowest BCUT2D eigenvalue weighted by molar-refractivity contribution is 0.223. The number of aliphatic hydroxyl groups is 1. The molecule has 2 rings (SSSR count). The van der Waals surface area contributed by atoms with Crippen LogP contribution in [-0.2, 0) is 6.54 Å². The van der Waals surface area contributed by atoms with E-state index in [-0.39, 0.29) is 5.76 Å². The molecule has 0 saturated carbocycles. The predicted octanol–water partition coefficient (Wildman–Crippen LogP) is 3.82. The number of pyridine rings is 1. The van der Waals surface area contributed by atoms with Crippen LogP contribution in [0, 0.1) is 0 Å². The van der Waals surface area contributed by atoms with Crippen molar-refractivity contribution in [1.82, 2.24) is 14.8 Å². The van der Waals surface area contributed by atoms with Gasteiger partial charge in [-0.15, -0.1) is 0 Å². The molecule has 1 aromatic rings. The van der Waals surface area contributed by atoms with E-state index in [1.165, 1.54) is 25.0 Å². The SMILES string of the molecule is C=C(O)c1ccnc(CN(CCC)CC(=C)N2CCCCC2)c1. The van der Waals surface area contributed by atoms with E-state index in [2.05, 4.69) is 34.9 Å². The Hall–Kier alpha value is -1.81. The van der Waals surface area contributed by atoms with Crippen LogP contribution in [0.4, 0.5) is 0 Å². The van der Waals surface area contributed by atoms with Crippen LogP contribution in [0.1, 0.15) is 43.9 Å². The molecule has 1 saturated heterocycles. The van der Waals surface area contributed by atoms with Gasteiger partial charge >= 0.3 is 0 Å². The van der Waals surface area contributed by atoms with E-state index in [1.54, 1.807) is 12.3 Å². The lowest BCUT2D eigenvalue weighted by Crippen LogP contribution is -2.36. The predicted molar refractivity (Wildman–Crippen MR) is 96.0 cm³/mol. The summed E-state index contributed by atoms with van der Waals surface area (Å²) in [6.07, 6.45) is 6.71. The summed E-state index contributed by atoms with van der Waals surface area (Å²) in [6, 6.07) is 3.69. The van der Waals surface area contributed by atoms with Crippen molar-refractivity contribution in [2.45, 2.75) is 39.2 Å². The fraction of sp³-hybridized carbons (Fsp3) is 0.526. The van der Waals surface area contributed by atoms with E-state index in [0.29, 0.717) is 0 Å². The Balaban J connectivity index is 1.98. The lowest BCUT2D eigenvalue weighted by Gasteiger charge is -2.33. The third kappa shape index (κ3) is 5.39. The van der Waals surface area contributed by atoms with Crippen molar-refractivity contribution in [2.24, 2.45) is 0 Å². The van der Waals surface area contributed by atoms with Crippen LogP contribution >= 0.6 is 0 Å². The maximum Gasteiger partial charge on any atom is 0.115 e. The maximum absolute atomic E-state index is 9.54. The molecule has 4 nitrogen and oxygen atoms in total. The Morgan fingerprint density at radius 1 is 1.30 bits per heavy atom. The van der Waals surface area contributed by atoms with E-state index in [9.17, 15) is 5.11 Å². The van der Waals surface area contributed by atoms with Gasteiger partial charge in [-0.3, -0.25) is 9.88 Å². The highest BCUT2D eigenvalue weighted by Crippen LogP contribution is 2.16. The van der Waals surface area contributed by atoms with Gasteiger partial charge in [-0.25, -0.2) is 0 Å². The largest absolute Gasteiger partial charge is 0.508 e. The van der Waals surface area contributed by atoms with Gasteiger partial charge in [0, 0.05) is 43.6 Å². The lowest BCUT2D eigenvalue weighted by atomic mass is 10.1. The van der Waals surface area contributed by atoms with E-state index in [0.717, 1.165) is 50.4 Å². The third-order valence-corrected chi connectivity index (χ3v) is 4.28. The number of likely N-dealkylation sites (tertiary alicyclic amines) is 1. The van der Waals surface area contributed by atoms with Gasteiger partial charge in [0.2, 0.25) is 0 Å². The molecule has 0 aliphatic carbocycles. The summed E-state index contributed by atoms with van der Waals surface area (Å²) < 4.78 is 0. The number of aliphatic hydroxyl groups excluding tert-OH is 1. The molecule has 4 heteroatoms. The number of rotatable bonds is 8. The first-order valence-corrected chi connectivity index (χ1v) is 8.58. The van der Waals surface area contributed by atoms with Crippen LogP contribution in [0.2, 0.25) is 0 Å². The molecule has 0 radical (unpaired) electrons. The van der Waals surface area contributed by atoms with Gasteiger partial charge in [-0.05, 0) is 44.4 Å². The highest BCUT2D eigenvalue weighted by Gasteiger charge is 2.15. The van der Waals surface area contributed by atoms with E-state index in [1.807, 2.05) is 6.07 Å². The van der Waals surface area contributed by atoms with Gasteiger partial charge in [0.25, 0.3) is 0 Å². The van der Waals surface area contributed by atoms with Gasteiger partial charge in [0.15, 0.2) is 0 Å². The maximum atomic E-state index is 9.54. The van der Waals surface area contributed by atoms with Gasteiger partial charge in [-0.2, -0.15) is 0 Å². The molecular formula is C19H29N3O. The minimum absolute atomic E-state index is 0.0911. The molecule has 1 aromatic heterocycles. The quantitative estimate of drug-likeness (QED) is 0.740. The Kier molecular flexibility index (Phi) is 6.66. The number of hydrogen-bond acceptors (Lipinski definition) is 4. The molecule has 0 unspecified atom stereocenters. The first-order chi connectivity index (χ1) is 11.1. The first kappa shape index (κ1) is 17.5. The van der Waals surface area contributed by atoms with Crippen molar-refractivity contribution in [3.8, 4) is 0 Å². The van der Waals surface area contributed by atoms with Crippen molar-refractivity contribution < 1.29 is 5.11 Å². The summed E-state index contributed by atoms with van der Waals surface area (Å²) in [5.74, 6) is 0.0911.